The standard InChI is InChI=1S/C12H8N6O/c19-10-2-8(11-15-4-13-5-16-11)1-9(3-10)12-17-6-14-7-18-12/h1-7,19H. The molecule has 0 spiro atoms. The lowest BCUT2D eigenvalue weighted by molar-refractivity contribution is 0.475. The van der Waals surface area contributed by atoms with Gasteiger partial charge < -0.3 is 5.11 Å². The van der Waals surface area contributed by atoms with Gasteiger partial charge >= 0.3 is 0 Å². The van der Waals surface area contributed by atoms with Crippen LogP contribution >= 0.6 is 0 Å². The molecule has 7 heteroatoms. The second kappa shape index (κ2) is 4.73. The van der Waals surface area contributed by atoms with E-state index in [1.165, 1.54) is 25.3 Å². The quantitative estimate of drug-likeness (QED) is 0.729. The van der Waals surface area contributed by atoms with Gasteiger partial charge in [0.15, 0.2) is 11.6 Å². The Bertz CT molecular complexity index is 631. The van der Waals surface area contributed by atoms with E-state index in [9.17, 15) is 5.11 Å². The van der Waals surface area contributed by atoms with E-state index < -0.39 is 0 Å². The molecule has 19 heavy (non-hydrogen) atoms. The summed E-state index contributed by atoms with van der Waals surface area (Å²) in [6.45, 7) is 0. The average molecular weight is 252 g/mol. The van der Waals surface area contributed by atoms with Crippen LogP contribution in [0, 0.1) is 0 Å². The van der Waals surface area contributed by atoms with Crippen molar-refractivity contribution in [2.45, 2.75) is 0 Å². The fourth-order valence-electron chi connectivity index (χ4n) is 1.65. The number of phenolic OH excluding ortho intramolecular Hbond substituents is 1. The van der Waals surface area contributed by atoms with Crippen LogP contribution < -0.4 is 0 Å². The lowest BCUT2D eigenvalue weighted by Gasteiger charge is -2.04. The summed E-state index contributed by atoms with van der Waals surface area (Å²) in [6, 6.07) is 4.93. The van der Waals surface area contributed by atoms with Crippen LogP contribution in [0.4, 0.5) is 0 Å². The van der Waals surface area contributed by atoms with Gasteiger partial charge in [0.2, 0.25) is 0 Å². The van der Waals surface area contributed by atoms with Gasteiger partial charge in [0.05, 0.1) is 0 Å². The fourth-order valence-corrected chi connectivity index (χ4v) is 1.65. The summed E-state index contributed by atoms with van der Waals surface area (Å²) in [7, 11) is 0. The average Bonchev–Trinajstić information content (AvgIpc) is 2.48. The SMILES string of the molecule is Oc1cc(-c2ncncn2)cc(-c2ncncn2)c1. The normalized spacial score (nSPS) is 10.3. The minimum atomic E-state index is 0.0910. The van der Waals surface area contributed by atoms with Crippen molar-refractivity contribution in [1.82, 2.24) is 29.9 Å². The molecule has 0 amide bonds. The van der Waals surface area contributed by atoms with Crippen molar-refractivity contribution >= 4 is 0 Å². The summed E-state index contributed by atoms with van der Waals surface area (Å²) in [5.74, 6) is 1.04. The van der Waals surface area contributed by atoms with Gasteiger partial charge in [-0.15, -0.1) is 0 Å². The number of aromatic hydroxyl groups is 1. The number of rotatable bonds is 2. The molecule has 0 radical (unpaired) electrons. The molecular weight excluding hydrogens is 244 g/mol. The van der Waals surface area contributed by atoms with Crippen molar-refractivity contribution in [1.29, 1.82) is 0 Å². The molecule has 1 N–H and O–H groups in total. The molecule has 7 nitrogen and oxygen atoms in total. The van der Waals surface area contributed by atoms with Crippen molar-refractivity contribution in [2.24, 2.45) is 0 Å². The van der Waals surface area contributed by atoms with Crippen LogP contribution in [0.2, 0.25) is 0 Å². The lowest BCUT2D eigenvalue weighted by Crippen LogP contribution is -1.92. The molecule has 2 heterocycles. The van der Waals surface area contributed by atoms with Gasteiger partial charge in [-0.25, -0.2) is 29.9 Å². The molecule has 0 fully saturated rings. The zero-order valence-electron chi connectivity index (χ0n) is 9.67. The highest BCUT2D eigenvalue weighted by atomic mass is 16.3. The predicted molar refractivity (Wildman–Crippen MR) is 65.7 cm³/mol. The van der Waals surface area contributed by atoms with Crippen LogP contribution in [-0.4, -0.2) is 35.0 Å². The number of phenols is 1. The third kappa shape index (κ3) is 2.34. The summed E-state index contributed by atoms with van der Waals surface area (Å²) in [5.41, 5.74) is 1.33. The minimum Gasteiger partial charge on any atom is -0.508 e. The smallest absolute Gasteiger partial charge is 0.162 e. The number of hydrogen-bond acceptors (Lipinski definition) is 7. The van der Waals surface area contributed by atoms with E-state index in [0.29, 0.717) is 22.8 Å². The first-order valence-corrected chi connectivity index (χ1v) is 5.42. The molecule has 0 aliphatic carbocycles. The zero-order chi connectivity index (χ0) is 13.1. The molecule has 0 bridgehead atoms. The Balaban J connectivity index is 2.12. The van der Waals surface area contributed by atoms with Crippen molar-refractivity contribution in [2.75, 3.05) is 0 Å². The molecule has 3 rings (SSSR count). The fraction of sp³-hybridized carbons (Fsp3) is 0. The molecular formula is C12H8N6O. The second-order valence-electron chi connectivity index (χ2n) is 3.69. The van der Waals surface area contributed by atoms with E-state index in [1.807, 2.05) is 0 Å². The minimum absolute atomic E-state index is 0.0910. The molecule has 92 valence electrons. The highest BCUT2D eigenvalue weighted by Crippen LogP contribution is 2.26. The Morgan fingerprint density at radius 1 is 0.632 bits per heavy atom. The lowest BCUT2D eigenvalue weighted by atomic mass is 10.1. The topological polar surface area (TPSA) is 97.6 Å². The van der Waals surface area contributed by atoms with Crippen LogP contribution in [0.15, 0.2) is 43.5 Å². The summed E-state index contributed by atoms with van der Waals surface area (Å²) in [5, 5.41) is 9.77. The number of nitrogens with zero attached hydrogens (tertiary/aromatic N) is 6. The van der Waals surface area contributed by atoms with Crippen LogP contribution in [0.5, 0.6) is 5.75 Å². The zero-order valence-corrected chi connectivity index (χ0v) is 9.67. The van der Waals surface area contributed by atoms with Crippen LogP contribution in [0.25, 0.3) is 22.8 Å². The predicted octanol–water partition coefficient (Wildman–Crippen LogP) is 1.10. The van der Waals surface area contributed by atoms with E-state index >= 15 is 0 Å². The Hall–Kier alpha value is -2.96. The third-order valence-corrected chi connectivity index (χ3v) is 2.42. The molecule has 0 saturated heterocycles. The Kier molecular flexibility index (Phi) is 2.77. The second-order valence-corrected chi connectivity index (χ2v) is 3.69. The first-order valence-electron chi connectivity index (χ1n) is 5.42. The maximum Gasteiger partial charge on any atom is 0.162 e. The first kappa shape index (κ1) is 11.1. The Labute approximate surface area is 108 Å². The molecule has 0 unspecified atom stereocenters. The van der Waals surface area contributed by atoms with Gasteiger partial charge in [0, 0.05) is 11.1 Å². The van der Waals surface area contributed by atoms with Gasteiger partial charge in [0.25, 0.3) is 0 Å². The number of benzene rings is 1. The van der Waals surface area contributed by atoms with Crippen LogP contribution in [0.3, 0.4) is 0 Å². The van der Waals surface area contributed by atoms with Gasteiger partial charge in [-0.2, -0.15) is 0 Å². The van der Waals surface area contributed by atoms with E-state index in [4.69, 9.17) is 0 Å². The summed E-state index contributed by atoms with van der Waals surface area (Å²) >= 11 is 0. The van der Waals surface area contributed by atoms with Crippen molar-refractivity contribution in [3.63, 3.8) is 0 Å². The maximum absolute atomic E-state index is 9.77. The third-order valence-electron chi connectivity index (χ3n) is 2.42. The summed E-state index contributed by atoms with van der Waals surface area (Å²) in [6.07, 6.45) is 5.59. The van der Waals surface area contributed by atoms with E-state index in [-0.39, 0.29) is 5.75 Å². The van der Waals surface area contributed by atoms with Crippen LogP contribution in [0.1, 0.15) is 0 Å². The molecule has 0 atom stereocenters. The van der Waals surface area contributed by atoms with Crippen molar-refractivity contribution in [3.8, 4) is 28.5 Å². The molecule has 2 aromatic heterocycles. The largest absolute Gasteiger partial charge is 0.508 e. The monoisotopic (exact) mass is 252 g/mol. The van der Waals surface area contributed by atoms with E-state index in [1.54, 1.807) is 18.2 Å². The Morgan fingerprint density at radius 3 is 1.47 bits per heavy atom. The van der Waals surface area contributed by atoms with Crippen LogP contribution in [-0.2, 0) is 0 Å². The van der Waals surface area contributed by atoms with Gasteiger partial charge in [-0.1, -0.05) is 0 Å². The highest BCUT2D eigenvalue weighted by Gasteiger charge is 2.08. The highest BCUT2D eigenvalue weighted by molar-refractivity contribution is 5.68. The molecule has 0 aliphatic rings. The van der Waals surface area contributed by atoms with Crippen molar-refractivity contribution < 1.29 is 5.11 Å². The summed E-state index contributed by atoms with van der Waals surface area (Å²) < 4.78 is 0. The maximum atomic E-state index is 9.77. The van der Waals surface area contributed by atoms with Gasteiger partial charge in [0.1, 0.15) is 31.1 Å². The van der Waals surface area contributed by atoms with Gasteiger partial charge in [-0.05, 0) is 18.2 Å². The number of aromatic nitrogens is 6. The van der Waals surface area contributed by atoms with Gasteiger partial charge in [-0.3, -0.25) is 0 Å². The molecule has 1 aromatic carbocycles. The first-order chi connectivity index (χ1) is 9.33. The molecule has 0 aliphatic heterocycles. The summed E-state index contributed by atoms with van der Waals surface area (Å²) in [4.78, 5) is 23.7. The number of hydrogen-bond donors (Lipinski definition) is 1. The molecule has 0 saturated carbocycles. The molecule has 3 aromatic rings. The van der Waals surface area contributed by atoms with Crippen molar-refractivity contribution in [3.05, 3.63) is 43.5 Å². The van der Waals surface area contributed by atoms with E-state index in [0.717, 1.165) is 0 Å². The van der Waals surface area contributed by atoms with E-state index in [2.05, 4.69) is 29.9 Å². The Morgan fingerprint density at radius 2 is 1.05 bits per heavy atom.